The van der Waals surface area contributed by atoms with Crippen LogP contribution in [0.4, 0.5) is 4.79 Å². The highest BCUT2D eigenvalue weighted by Gasteiger charge is 2.51. The van der Waals surface area contributed by atoms with Gasteiger partial charge in [-0.15, -0.1) is 0 Å². The number of rotatable bonds is 8. The van der Waals surface area contributed by atoms with Crippen LogP contribution in [0.5, 0.6) is 0 Å². The molecule has 2 fully saturated rings. The van der Waals surface area contributed by atoms with E-state index in [4.69, 9.17) is 4.74 Å². The zero-order valence-electron chi connectivity index (χ0n) is 19.9. The summed E-state index contributed by atoms with van der Waals surface area (Å²) < 4.78 is 5.62. The van der Waals surface area contributed by atoms with Crippen molar-refractivity contribution in [3.8, 4) is 11.1 Å². The molecule has 3 N–H and O–H groups in total. The lowest BCUT2D eigenvalue weighted by atomic mass is 9.84. The van der Waals surface area contributed by atoms with Crippen molar-refractivity contribution < 1.29 is 24.2 Å². The van der Waals surface area contributed by atoms with Crippen molar-refractivity contribution in [2.24, 2.45) is 17.8 Å². The van der Waals surface area contributed by atoms with Gasteiger partial charge in [0.15, 0.2) is 0 Å². The van der Waals surface area contributed by atoms with Crippen LogP contribution in [0.15, 0.2) is 48.5 Å². The minimum Gasteiger partial charge on any atom is -0.481 e. The maximum absolute atomic E-state index is 13.1. The van der Waals surface area contributed by atoms with Gasteiger partial charge in [-0.3, -0.25) is 9.59 Å². The van der Waals surface area contributed by atoms with E-state index in [2.05, 4.69) is 34.9 Å². The molecule has 2 amide bonds. The molecule has 0 aliphatic heterocycles. The lowest BCUT2D eigenvalue weighted by molar-refractivity contribution is -0.144. The number of fused-ring (bicyclic) bond motifs is 5. The van der Waals surface area contributed by atoms with Gasteiger partial charge in [0.2, 0.25) is 5.91 Å². The summed E-state index contributed by atoms with van der Waals surface area (Å²) in [5.74, 6) is -1.46. The van der Waals surface area contributed by atoms with Crippen molar-refractivity contribution in [1.29, 1.82) is 0 Å². The predicted molar refractivity (Wildman–Crippen MR) is 131 cm³/mol. The zero-order valence-corrected chi connectivity index (χ0v) is 19.9. The van der Waals surface area contributed by atoms with Gasteiger partial charge in [0.05, 0.1) is 5.92 Å². The Bertz CT molecular complexity index is 1090. The van der Waals surface area contributed by atoms with Crippen LogP contribution in [0.2, 0.25) is 0 Å². The Morgan fingerprint density at radius 2 is 1.63 bits per heavy atom. The zero-order chi connectivity index (χ0) is 24.5. The number of benzene rings is 2. The van der Waals surface area contributed by atoms with E-state index in [0.29, 0.717) is 12.8 Å². The number of carbonyl (C=O) groups excluding carboxylic acids is 2. The Balaban J connectivity index is 1.22. The first-order valence-corrected chi connectivity index (χ1v) is 12.6. The minimum absolute atomic E-state index is 0.0584. The van der Waals surface area contributed by atoms with Crippen molar-refractivity contribution in [3.05, 3.63) is 59.7 Å². The standard InChI is InChI=1S/C28H32N2O5/c1-2-7-23(26(31)30-25-17-13-12-16(14-17)24(25)27(32)33)29-28(34)35-15-22-20-10-5-3-8-18(20)19-9-4-6-11-21(19)22/h3-6,8-11,16-17,22-25H,2,7,12-15H2,1H3,(H,29,34)(H,30,31)(H,32,33). The first-order valence-electron chi connectivity index (χ1n) is 12.6. The van der Waals surface area contributed by atoms with Crippen LogP contribution >= 0.6 is 0 Å². The van der Waals surface area contributed by atoms with Gasteiger partial charge in [-0.05, 0) is 59.8 Å². The first-order chi connectivity index (χ1) is 17.0. The summed E-state index contributed by atoms with van der Waals surface area (Å²) in [7, 11) is 0. The Morgan fingerprint density at radius 1 is 1.00 bits per heavy atom. The highest BCUT2D eigenvalue weighted by molar-refractivity contribution is 5.86. The molecule has 0 radical (unpaired) electrons. The lowest BCUT2D eigenvalue weighted by Gasteiger charge is -2.30. The van der Waals surface area contributed by atoms with Gasteiger partial charge < -0.3 is 20.5 Å². The summed E-state index contributed by atoms with van der Waals surface area (Å²) in [4.78, 5) is 37.6. The molecule has 3 aliphatic carbocycles. The van der Waals surface area contributed by atoms with Crippen molar-refractivity contribution in [2.45, 2.75) is 57.0 Å². The van der Waals surface area contributed by atoms with Crippen molar-refractivity contribution in [3.63, 3.8) is 0 Å². The Morgan fingerprint density at radius 3 is 2.26 bits per heavy atom. The highest BCUT2D eigenvalue weighted by Crippen LogP contribution is 2.48. The molecule has 0 heterocycles. The molecule has 0 spiro atoms. The lowest BCUT2D eigenvalue weighted by Crippen LogP contribution is -2.54. The molecule has 0 saturated heterocycles. The third kappa shape index (κ3) is 4.40. The largest absolute Gasteiger partial charge is 0.481 e. The van der Waals surface area contributed by atoms with Crippen molar-refractivity contribution >= 4 is 18.0 Å². The number of carboxylic acid groups (broad SMARTS) is 1. The number of alkyl carbamates (subject to hydrolysis) is 1. The number of carbonyl (C=O) groups is 3. The molecular weight excluding hydrogens is 444 g/mol. The van der Waals surface area contributed by atoms with Crippen LogP contribution in [0.1, 0.15) is 56.1 Å². The molecule has 7 nitrogen and oxygen atoms in total. The van der Waals surface area contributed by atoms with E-state index in [1.165, 1.54) is 0 Å². The summed E-state index contributed by atoms with van der Waals surface area (Å²) >= 11 is 0. The number of carboxylic acids is 1. The van der Waals surface area contributed by atoms with E-state index >= 15 is 0 Å². The average Bonchev–Trinajstić information content (AvgIpc) is 3.54. The second-order valence-corrected chi connectivity index (χ2v) is 10.0. The summed E-state index contributed by atoms with van der Waals surface area (Å²) in [5, 5.41) is 15.4. The minimum atomic E-state index is -0.848. The van der Waals surface area contributed by atoms with Crippen LogP contribution in [-0.4, -0.2) is 41.8 Å². The van der Waals surface area contributed by atoms with Crippen molar-refractivity contribution in [2.75, 3.05) is 6.61 Å². The second kappa shape index (κ2) is 9.72. The van der Waals surface area contributed by atoms with Crippen LogP contribution < -0.4 is 10.6 Å². The molecule has 2 aromatic carbocycles. The number of aliphatic carboxylic acids is 1. The maximum atomic E-state index is 13.1. The third-order valence-electron chi connectivity index (χ3n) is 8.04. The topological polar surface area (TPSA) is 105 Å². The molecule has 35 heavy (non-hydrogen) atoms. The molecular formula is C28H32N2O5. The van der Waals surface area contributed by atoms with Gasteiger partial charge in [0.25, 0.3) is 0 Å². The van der Waals surface area contributed by atoms with Crippen LogP contribution in [0, 0.1) is 17.8 Å². The van der Waals surface area contributed by atoms with Gasteiger partial charge >= 0.3 is 12.1 Å². The summed E-state index contributed by atoms with van der Waals surface area (Å²) in [6.45, 7) is 2.12. The Hall–Kier alpha value is -3.35. The molecule has 5 atom stereocenters. The fourth-order valence-electron chi connectivity index (χ4n) is 6.46. The molecule has 3 aliphatic rings. The Labute approximate surface area is 205 Å². The highest BCUT2D eigenvalue weighted by atomic mass is 16.5. The van der Waals surface area contributed by atoms with E-state index in [1.54, 1.807) is 0 Å². The third-order valence-corrected chi connectivity index (χ3v) is 8.04. The second-order valence-electron chi connectivity index (χ2n) is 10.0. The monoisotopic (exact) mass is 476 g/mol. The van der Waals surface area contributed by atoms with E-state index in [0.717, 1.165) is 41.5 Å². The molecule has 2 saturated carbocycles. The van der Waals surface area contributed by atoms with Crippen molar-refractivity contribution in [1.82, 2.24) is 10.6 Å². The van der Waals surface area contributed by atoms with Gasteiger partial charge in [-0.1, -0.05) is 61.9 Å². The summed E-state index contributed by atoms with van der Waals surface area (Å²) in [6, 6.07) is 15.1. The fourth-order valence-corrected chi connectivity index (χ4v) is 6.46. The molecule has 5 unspecified atom stereocenters. The van der Waals surface area contributed by atoms with E-state index in [-0.39, 0.29) is 36.3 Å². The molecule has 2 bridgehead atoms. The predicted octanol–water partition coefficient (Wildman–Crippen LogP) is 4.31. The molecule has 2 aromatic rings. The number of amides is 2. The normalized spacial score (nSPS) is 24.9. The van der Waals surface area contributed by atoms with E-state index < -0.39 is 24.0 Å². The summed E-state index contributed by atoms with van der Waals surface area (Å²) in [5.41, 5.74) is 4.55. The van der Waals surface area contributed by atoms with E-state index in [9.17, 15) is 19.5 Å². The molecule has 5 rings (SSSR count). The maximum Gasteiger partial charge on any atom is 0.407 e. The number of nitrogens with one attached hydrogen (secondary N) is 2. The Kier molecular flexibility index (Phi) is 6.50. The van der Waals surface area contributed by atoms with Gasteiger partial charge in [-0.25, -0.2) is 4.79 Å². The van der Waals surface area contributed by atoms with Gasteiger partial charge in [0, 0.05) is 12.0 Å². The summed E-state index contributed by atoms with van der Waals surface area (Å²) in [6.07, 6.45) is 3.21. The smallest absolute Gasteiger partial charge is 0.407 e. The number of hydrogen-bond donors (Lipinski definition) is 3. The average molecular weight is 477 g/mol. The van der Waals surface area contributed by atoms with Crippen LogP contribution in [0.3, 0.4) is 0 Å². The SMILES string of the molecule is CCCC(NC(=O)OCC1c2ccccc2-c2ccccc21)C(=O)NC1C2CCC(C2)C1C(=O)O. The molecule has 184 valence electrons. The van der Waals surface area contributed by atoms with E-state index in [1.807, 2.05) is 31.2 Å². The number of ether oxygens (including phenoxy) is 1. The van der Waals surface area contributed by atoms with Gasteiger partial charge in [0.1, 0.15) is 12.6 Å². The quantitative estimate of drug-likeness (QED) is 0.527. The fraction of sp³-hybridized carbons (Fsp3) is 0.464. The molecule has 0 aromatic heterocycles. The van der Waals surface area contributed by atoms with Gasteiger partial charge in [-0.2, -0.15) is 0 Å². The van der Waals surface area contributed by atoms with Crippen LogP contribution in [-0.2, 0) is 14.3 Å². The van der Waals surface area contributed by atoms with Crippen LogP contribution in [0.25, 0.3) is 11.1 Å². The number of hydrogen-bond acceptors (Lipinski definition) is 4. The molecule has 7 heteroatoms. The first kappa shape index (κ1) is 23.4.